The van der Waals surface area contributed by atoms with Crippen molar-refractivity contribution in [2.75, 3.05) is 0 Å². The average Bonchev–Trinajstić information content (AvgIpc) is 2.62. The van der Waals surface area contributed by atoms with E-state index in [-0.39, 0.29) is 12.3 Å². The van der Waals surface area contributed by atoms with Gasteiger partial charge in [-0.05, 0) is 49.4 Å². The van der Waals surface area contributed by atoms with Crippen molar-refractivity contribution in [3.63, 3.8) is 0 Å². The van der Waals surface area contributed by atoms with Crippen LogP contribution in [-0.4, -0.2) is 33.5 Å². The molecule has 2 saturated carbocycles. The second-order valence-electron chi connectivity index (χ2n) is 8.57. The lowest BCUT2D eigenvalue weighted by Crippen LogP contribution is -2.50. The molecule has 27 heavy (non-hydrogen) atoms. The molecule has 0 saturated heterocycles. The van der Waals surface area contributed by atoms with Gasteiger partial charge in [0.05, 0.1) is 12.0 Å². The van der Waals surface area contributed by atoms with E-state index in [0.717, 1.165) is 19.3 Å². The van der Waals surface area contributed by atoms with Gasteiger partial charge in [0.25, 0.3) is 0 Å². The quantitative estimate of drug-likeness (QED) is 0.442. The molecule has 0 bridgehead atoms. The van der Waals surface area contributed by atoms with Crippen LogP contribution < -0.4 is 0 Å². The summed E-state index contributed by atoms with van der Waals surface area (Å²) in [6.45, 7) is 6.49. The SMILES string of the molecule is CCCC[C@@H](C)CC(O)C#C[C@H]1[C@@H]2C(C)C(=CCCC(=O)O)[C@@H]2CC[C@@H]1O. The number of fused-ring (bicyclic) bond motifs is 1. The molecule has 2 rings (SSSR count). The minimum Gasteiger partial charge on any atom is -0.481 e. The van der Waals surface area contributed by atoms with Crippen LogP contribution in [0.1, 0.15) is 72.1 Å². The number of rotatable bonds is 8. The number of allylic oxidation sites excluding steroid dienone is 2. The van der Waals surface area contributed by atoms with Gasteiger partial charge in [-0.15, -0.1) is 0 Å². The van der Waals surface area contributed by atoms with Crippen molar-refractivity contribution in [1.29, 1.82) is 0 Å². The number of carbonyl (C=O) groups is 1. The van der Waals surface area contributed by atoms with Crippen molar-refractivity contribution in [2.24, 2.45) is 29.6 Å². The molecule has 0 aromatic carbocycles. The highest BCUT2D eigenvalue weighted by Gasteiger charge is 2.50. The Kier molecular flexibility index (Phi) is 8.38. The molecule has 152 valence electrons. The van der Waals surface area contributed by atoms with E-state index in [9.17, 15) is 15.0 Å². The first-order chi connectivity index (χ1) is 12.8. The molecule has 0 heterocycles. The van der Waals surface area contributed by atoms with E-state index in [0.29, 0.717) is 36.5 Å². The van der Waals surface area contributed by atoms with E-state index in [1.807, 2.05) is 0 Å². The third-order valence-corrected chi connectivity index (χ3v) is 6.43. The minimum atomic E-state index is -0.764. The summed E-state index contributed by atoms with van der Waals surface area (Å²) in [5.74, 6) is 6.91. The van der Waals surface area contributed by atoms with Crippen LogP contribution in [0.3, 0.4) is 0 Å². The summed E-state index contributed by atoms with van der Waals surface area (Å²) in [6.07, 6.45) is 7.63. The molecular weight excluding hydrogens is 340 g/mol. The van der Waals surface area contributed by atoms with Crippen LogP contribution >= 0.6 is 0 Å². The third-order valence-electron chi connectivity index (χ3n) is 6.43. The van der Waals surface area contributed by atoms with Gasteiger partial charge in [-0.2, -0.15) is 0 Å². The second kappa shape index (κ2) is 10.3. The lowest BCUT2D eigenvalue weighted by atomic mass is 9.51. The van der Waals surface area contributed by atoms with Crippen LogP contribution in [0.25, 0.3) is 0 Å². The second-order valence-corrected chi connectivity index (χ2v) is 8.57. The predicted molar refractivity (Wildman–Crippen MR) is 107 cm³/mol. The first-order valence-corrected chi connectivity index (χ1v) is 10.6. The van der Waals surface area contributed by atoms with Crippen LogP contribution in [0.2, 0.25) is 0 Å². The fourth-order valence-electron chi connectivity index (χ4n) is 4.91. The molecule has 3 N–H and O–H groups in total. The van der Waals surface area contributed by atoms with Gasteiger partial charge in [-0.3, -0.25) is 4.79 Å². The number of carboxylic acids is 1. The Morgan fingerprint density at radius 1 is 1.37 bits per heavy atom. The van der Waals surface area contributed by atoms with E-state index < -0.39 is 18.2 Å². The number of aliphatic hydroxyl groups excluding tert-OH is 2. The molecule has 0 spiro atoms. The molecule has 0 amide bonds. The molecule has 0 radical (unpaired) electrons. The lowest BCUT2D eigenvalue weighted by Gasteiger charge is -2.53. The largest absolute Gasteiger partial charge is 0.481 e. The van der Waals surface area contributed by atoms with Gasteiger partial charge in [0, 0.05) is 6.42 Å². The van der Waals surface area contributed by atoms with E-state index in [2.05, 4.69) is 38.7 Å². The van der Waals surface area contributed by atoms with Gasteiger partial charge in [0.1, 0.15) is 6.10 Å². The van der Waals surface area contributed by atoms with Gasteiger partial charge < -0.3 is 15.3 Å². The molecule has 2 unspecified atom stereocenters. The molecule has 2 aliphatic carbocycles. The average molecular weight is 377 g/mol. The van der Waals surface area contributed by atoms with Crippen molar-refractivity contribution in [2.45, 2.75) is 84.3 Å². The molecule has 0 aliphatic heterocycles. The van der Waals surface area contributed by atoms with Crippen LogP contribution in [0, 0.1) is 41.4 Å². The normalized spacial score (nSPS) is 33.4. The molecule has 4 heteroatoms. The number of carboxylic acid groups (broad SMARTS) is 1. The summed E-state index contributed by atoms with van der Waals surface area (Å²) in [7, 11) is 0. The first-order valence-electron chi connectivity index (χ1n) is 10.6. The third kappa shape index (κ3) is 5.83. The maximum Gasteiger partial charge on any atom is 0.303 e. The summed E-state index contributed by atoms with van der Waals surface area (Å²) in [5, 5.41) is 29.6. The molecule has 4 nitrogen and oxygen atoms in total. The fraction of sp³-hybridized carbons (Fsp3) is 0.783. The Bertz CT molecular complexity index is 585. The Morgan fingerprint density at radius 3 is 2.78 bits per heavy atom. The van der Waals surface area contributed by atoms with Crippen LogP contribution in [0.4, 0.5) is 0 Å². The Morgan fingerprint density at radius 2 is 2.11 bits per heavy atom. The van der Waals surface area contributed by atoms with Crippen LogP contribution in [-0.2, 0) is 4.79 Å². The highest BCUT2D eigenvalue weighted by atomic mass is 16.4. The highest BCUT2D eigenvalue weighted by Crippen LogP contribution is 2.55. The topological polar surface area (TPSA) is 77.8 Å². The number of unbranched alkanes of at least 4 members (excludes halogenated alkanes) is 1. The van der Waals surface area contributed by atoms with Crippen molar-refractivity contribution in [3.8, 4) is 11.8 Å². The zero-order chi connectivity index (χ0) is 20.0. The van der Waals surface area contributed by atoms with Gasteiger partial charge in [0.2, 0.25) is 0 Å². The Hall–Kier alpha value is -1.31. The van der Waals surface area contributed by atoms with E-state index in [1.54, 1.807) is 0 Å². The van der Waals surface area contributed by atoms with E-state index in [4.69, 9.17) is 5.11 Å². The van der Waals surface area contributed by atoms with Crippen LogP contribution in [0.15, 0.2) is 11.6 Å². The van der Waals surface area contributed by atoms with Crippen molar-refractivity contribution in [3.05, 3.63) is 11.6 Å². The minimum absolute atomic E-state index is 0.0871. The fourth-order valence-corrected chi connectivity index (χ4v) is 4.91. The molecule has 0 aromatic heterocycles. The van der Waals surface area contributed by atoms with Gasteiger partial charge >= 0.3 is 5.97 Å². The number of aliphatic carboxylic acids is 1. The lowest BCUT2D eigenvalue weighted by molar-refractivity contribution is -0.136. The van der Waals surface area contributed by atoms with Crippen LogP contribution in [0.5, 0.6) is 0 Å². The number of hydrogen-bond acceptors (Lipinski definition) is 3. The molecule has 2 aliphatic rings. The van der Waals surface area contributed by atoms with Gasteiger partial charge in [-0.25, -0.2) is 0 Å². The smallest absolute Gasteiger partial charge is 0.303 e. The predicted octanol–water partition coefficient (Wildman–Crippen LogP) is 4.01. The number of aliphatic hydroxyl groups is 2. The van der Waals surface area contributed by atoms with E-state index in [1.165, 1.54) is 18.4 Å². The zero-order valence-electron chi connectivity index (χ0n) is 17.0. The summed E-state index contributed by atoms with van der Waals surface area (Å²) in [5.41, 5.74) is 1.34. The number of hydrogen-bond donors (Lipinski definition) is 3. The molecular formula is C23H36O4. The molecule has 7 atom stereocenters. The maximum absolute atomic E-state index is 10.7. The summed E-state index contributed by atoms with van der Waals surface area (Å²) in [4.78, 5) is 10.7. The Balaban J connectivity index is 1.96. The Labute approximate surface area is 164 Å². The summed E-state index contributed by atoms with van der Waals surface area (Å²) < 4.78 is 0. The first kappa shape index (κ1) is 22.0. The van der Waals surface area contributed by atoms with Gasteiger partial charge in [-0.1, -0.05) is 63.5 Å². The van der Waals surface area contributed by atoms with E-state index >= 15 is 0 Å². The van der Waals surface area contributed by atoms with Crippen molar-refractivity contribution >= 4 is 5.97 Å². The molecule has 0 aromatic rings. The summed E-state index contributed by atoms with van der Waals surface area (Å²) in [6, 6.07) is 0. The summed E-state index contributed by atoms with van der Waals surface area (Å²) >= 11 is 0. The molecule has 2 fully saturated rings. The van der Waals surface area contributed by atoms with Crippen molar-refractivity contribution in [1.82, 2.24) is 0 Å². The standard InChI is InChI=1S/C23H36O4/c1-4-5-7-15(2)14-17(24)10-11-20-21(25)13-12-19-18(16(3)23(19)20)8-6-9-22(26)27/h8,15-17,19-21,23-25H,4-7,9,12-14H2,1-3H3,(H,26,27)/t15-,16?,17?,19+,20-,21+,23-/m1/s1. The zero-order valence-corrected chi connectivity index (χ0v) is 17.0. The highest BCUT2D eigenvalue weighted by molar-refractivity contribution is 5.66. The maximum atomic E-state index is 10.7. The van der Waals surface area contributed by atoms with Gasteiger partial charge in [0.15, 0.2) is 0 Å². The monoisotopic (exact) mass is 376 g/mol. The van der Waals surface area contributed by atoms with Crippen molar-refractivity contribution < 1.29 is 20.1 Å².